The SMILES string of the molecule is CCOC(=O)c1cc(-c2ccc(-c3cccs3)s2)ccc1C. The first-order valence-electron chi connectivity index (χ1n) is 7.11. The number of hydrogen-bond acceptors (Lipinski definition) is 4. The molecule has 2 nitrogen and oxygen atoms in total. The summed E-state index contributed by atoms with van der Waals surface area (Å²) in [5.41, 5.74) is 2.64. The molecule has 0 spiro atoms. The second-order valence-electron chi connectivity index (χ2n) is 4.89. The average Bonchev–Trinajstić information content (AvgIpc) is 3.19. The van der Waals surface area contributed by atoms with Crippen LogP contribution in [0.3, 0.4) is 0 Å². The maximum atomic E-state index is 12.0. The molecule has 0 unspecified atom stereocenters. The summed E-state index contributed by atoms with van der Waals surface area (Å²) in [4.78, 5) is 15.7. The minimum Gasteiger partial charge on any atom is -0.462 e. The van der Waals surface area contributed by atoms with E-state index < -0.39 is 0 Å². The first-order valence-corrected chi connectivity index (χ1v) is 8.80. The molecule has 0 aliphatic heterocycles. The van der Waals surface area contributed by atoms with Crippen molar-refractivity contribution >= 4 is 28.6 Å². The van der Waals surface area contributed by atoms with Gasteiger partial charge in [-0.3, -0.25) is 0 Å². The lowest BCUT2D eigenvalue weighted by molar-refractivity contribution is 0.0525. The van der Waals surface area contributed by atoms with E-state index in [1.54, 1.807) is 22.7 Å². The first-order chi connectivity index (χ1) is 10.7. The van der Waals surface area contributed by atoms with Crippen molar-refractivity contribution in [1.29, 1.82) is 0 Å². The highest BCUT2D eigenvalue weighted by Gasteiger charge is 2.13. The number of ether oxygens (including phenoxy) is 1. The molecular weight excluding hydrogens is 312 g/mol. The van der Waals surface area contributed by atoms with Gasteiger partial charge in [0.25, 0.3) is 0 Å². The van der Waals surface area contributed by atoms with Crippen LogP contribution in [0, 0.1) is 6.92 Å². The Morgan fingerprint density at radius 1 is 1.09 bits per heavy atom. The highest BCUT2D eigenvalue weighted by atomic mass is 32.1. The Labute approximate surface area is 138 Å². The number of carbonyl (C=O) groups excluding carboxylic acids is 1. The summed E-state index contributed by atoms with van der Waals surface area (Å²) in [6.07, 6.45) is 0. The number of benzene rings is 1. The van der Waals surface area contributed by atoms with Crippen molar-refractivity contribution in [3.05, 3.63) is 59.0 Å². The normalized spacial score (nSPS) is 10.6. The minimum absolute atomic E-state index is 0.253. The molecule has 0 saturated carbocycles. The summed E-state index contributed by atoms with van der Waals surface area (Å²) in [5, 5.41) is 2.08. The van der Waals surface area contributed by atoms with Gasteiger partial charge in [-0.1, -0.05) is 18.2 Å². The van der Waals surface area contributed by atoms with Gasteiger partial charge in [0.1, 0.15) is 0 Å². The third kappa shape index (κ3) is 2.98. The third-order valence-electron chi connectivity index (χ3n) is 3.39. The zero-order valence-electron chi connectivity index (χ0n) is 12.5. The van der Waals surface area contributed by atoms with E-state index in [1.807, 2.05) is 26.0 Å². The third-order valence-corrected chi connectivity index (χ3v) is 5.59. The summed E-state index contributed by atoms with van der Waals surface area (Å²) < 4.78 is 5.13. The molecule has 2 aromatic heterocycles. The largest absolute Gasteiger partial charge is 0.462 e. The lowest BCUT2D eigenvalue weighted by Crippen LogP contribution is -2.06. The molecule has 3 rings (SSSR count). The van der Waals surface area contributed by atoms with Crippen LogP contribution in [0.2, 0.25) is 0 Å². The van der Waals surface area contributed by atoms with Gasteiger partial charge in [-0.05, 0) is 54.6 Å². The average molecular weight is 328 g/mol. The van der Waals surface area contributed by atoms with Gasteiger partial charge in [0.05, 0.1) is 12.2 Å². The Hall–Kier alpha value is -1.91. The number of esters is 1. The molecule has 0 fully saturated rings. The van der Waals surface area contributed by atoms with Gasteiger partial charge in [0.2, 0.25) is 0 Å². The van der Waals surface area contributed by atoms with E-state index in [2.05, 4.69) is 35.7 Å². The predicted molar refractivity (Wildman–Crippen MR) is 93.8 cm³/mol. The van der Waals surface area contributed by atoms with E-state index >= 15 is 0 Å². The van der Waals surface area contributed by atoms with Crippen molar-refractivity contribution in [2.75, 3.05) is 6.61 Å². The smallest absolute Gasteiger partial charge is 0.338 e. The molecule has 0 atom stereocenters. The van der Waals surface area contributed by atoms with Crippen molar-refractivity contribution in [1.82, 2.24) is 0 Å². The van der Waals surface area contributed by atoms with Crippen molar-refractivity contribution in [2.24, 2.45) is 0 Å². The second kappa shape index (κ2) is 6.46. The number of hydrogen-bond donors (Lipinski definition) is 0. The molecule has 0 N–H and O–H groups in total. The van der Waals surface area contributed by atoms with E-state index in [0.717, 1.165) is 16.0 Å². The van der Waals surface area contributed by atoms with Gasteiger partial charge in [-0.25, -0.2) is 4.79 Å². The number of aryl methyl sites for hydroxylation is 1. The fourth-order valence-electron chi connectivity index (χ4n) is 2.25. The molecule has 0 aliphatic carbocycles. The van der Waals surface area contributed by atoms with Gasteiger partial charge in [-0.15, -0.1) is 22.7 Å². The van der Waals surface area contributed by atoms with Crippen LogP contribution in [-0.2, 0) is 4.74 Å². The number of carbonyl (C=O) groups is 1. The molecule has 0 radical (unpaired) electrons. The van der Waals surface area contributed by atoms with Crippen LogP contribution in [0.4, 0.5) is 0 Å². The highest BCUT2D eigenvalue weighted by Crippen LogP contribution is 2.36. The molecule has 2 heterocycles. The summed E-state index contributed by atoms with van der Waals surface area (Å²) >= 11 is 3.48. The molecule has 112 valence electrons. The Kier molecular flexibility index (Phi) is 4.41. The van der Waals surface area contributed by atoms with Gasteiger partial charge in [0, 0.05) is 14.6 Å². The monoisotopic (exact) mass is 328 g/mol. The number of thiophene rings is 2. The van der Waals surface area contributed by atoms with Crippen LogP contribution in [-0.4, -0.2) is 12.6 Å². The molecule has 0 bridgehead atoms. The molecule has 0 saturated heterocycles. The van der Waals surface area contributed by atoms with Crippen LogP contribution in [0.15, 0.2) is 47.8 Å². The summed E-state index contributed by atoms with van der Waals surface area (Å²) in [6.45, 7) is 4.15. The van der Waals surface area contributed by atoms with E-state index in [-0.39, 0.29) is 5.97 Å². The molecule has 0 aliphatic rings. The van der Waals surface area contributed by atoms with Crippen LogP contribution < -0.4 is 0 Å². The molecular formula is C18H16O2S2. The minimum atomic E-state index is -0.253. The van der Waals surface area contributed by atoms with Crippen LogP contribution in [0.1, 0.15) is 22.8 Å². The van der Waals surface area contributed by atoms with Crippen LogP contribution in [0.25, 0.3) is 20.2 Å². The topological polar surface area (TPSA) is 26.3 Å². The Morgan fingerprint density at radius 3 is 2.64 bits per heavy atom. The summed E-state index contributed by atoms with van der Waals surface area (Å²) in [6, 6.07) is 14.4. The predicted octanol–water partition coefficient (Wildman–Crippen LogP) is 5.63. The highest BCUT2D eigenvalue weighted by molar-refractivity contribution is 7.23. The molecule has 22 heavy (non-hydrogen) atoms. The lowest BCUT2D eigenvalue weighted by Gasteiger charge is -2.07. The van der Waals surface area contributed by atoms with E-state index in [9.17, 15) is 4.79 Å². The quantitative estimate of drug-likeness (QED) is 0.580. The van der Waals surface area contributed by atoms with Crippen molar-refractivity contribution in [2.45, 2.75) is 13.8 Å². The molecule has 1 aromatic carbocycles. The first kappa shape index (κ1) is 15.0. The summed E-state index contributed by atoms with van der Waals surface area (Å²) in [7, 11) is 0. The fourth-order valence-corrected chi connectivity index (χ4v) is 4.09. The maximum Gasteiger partial charge on any atom is 0.338 e. The Morgan fingerprint density at radius 2 is 1.91 bits per heavy atom. The second-order valence-corrected chi connectivity index (χ2v) is 6.92. The van der Waals surface area contributed by atoms with Gasteiger partial charge in [0.15, 0.2) is 0 Å². The van der Waals surface area contributed by atoms with Crippen molar-refractivity contribution in [3.63, 3.8) is 0 Å². The Balaban J connectivity index is 1.95. The zero-order valence-corrected chi connectivity index (χ0v) is 14.1. The van der Waals surface area contributed by atoms with Gasteiger partial charge < -0.3 is 4.74 Å². The maximum absolute atomic E-state index is 12.0. The molecule has 3 aromatic rings. The number of rotatable bonds is 4. The van der Waals surface area contributed by atoms with E-state index in [4.69, 9.17) is 4.74 Å². The van der Waals surface area contributed by atoms with Crippen LogP contribution >= 0.6 is 22.7 Å². The van der Waals surface area contributed by atoms with Crippen molar-refractivity contribution in [3.8, 4) is 20.2 Å². The van der Waals surface area contributed by atoms with Gasteiger partial charge >= 0.3 is 5.97 Å². The standard InChI is InChI=1S/C18H16O2S2/c1-3-20-18(19)14-11-13(7-6-12(14)2)15-8-9-17(22-15)16-5-4-10-21-16/h4-11H,3H2,1-2H3. The van der Waals surface area contributed by atoms with E-state index in [1.165, 1.54) is 9.75 Å². The zero-order chi connectivity index (χ0) is 15.5. The molecule has 4 heteroatoms. The van der Waals surface area contributed by atoms with Gasteiger partial charge in [-0.2, -0.15) is 0 Å². The van der Waals surface area contributed by atoms with Crippen molar-refractivity contribution < 1.29 is 9.53 Å². The van der Waals surface area contributed by atoms with Crippen LogP contribution in [0.5, 0.6) is 0 Å². The molecule has 0 amide bonds. The Bertz CT molecular complexity index is 785. The fraction of sp³-hybridized carbons (Fsp3) is 0.167. The lowest BCUT2D eigenvalue weighted by atomic mass is 10.0. The summed E-state index contributed by atoms with van der Waals surface area (Å²) in [5.74, 6) is -0.253. The van der Waals surface area contributed by atoms with E-state index in [0.29, 0.717) is 12.2 Å².